The molecule has 2 nitrogen and oxygen atoms in total. The molecule has 0 aliphatic heterocycles. The quantitative estimate of drug-likeness (QED) is 0.645. The van der Waals surface area contributed by atoms with Crippen molar-refractivity contribution >= 4 is 5.78 Å². The van der Waals surface area contributed by atoms with Crippen molar-refractivity contribution in [1.29, 1.82) is 0 Å². The standard InChI is InChI=1S/C15H21NO.C4H10.2C2H6/c1-11-3-7-14(8-4-11)15(12(2)17)10-16-9-13-5-6-13;1-4(2)3;2*1-2/h3-4,7-8,13,15-16H,5-6,9-10H2,1-2H3;4H,1-3H3;2*1-2H3. The molecule has 1 aliphatic rings. The highest BCUT2D eigenvalue weighted by atomic mass is 16.1. The van der Waals surface area contributed by atoms with E-state index in [9.17, 15) is 4.79 Å². The molecule has 1 aliphatic carbocycles. The van der Waals surface area contributed by atoms with Gasteiger partial charge in [0.25, 0.3) is 0 Å². The largest absolute Gasteiger partial charge is 0.315 e. The molecule has 2 heteroatoms. The molecule has 146 valence electrons. The van der Waals surface area contributed by atoms with E-state index in [0.29, 0.717) is 0 Å². The van der Waals surface area contributed by atoms with Crippen molar-refractivity contribution in [2.24, 2.45) is 11.8 Å². The summed E-state index contributed by atoms with van der Waals surface area (Å²) in [5.41, 5.74) is 2.37. The first-order valence-electron chi connectivity index (χ1n) is 10.2. The minimum atomic E-state index is 0.00866. The first kappa shape index (κ1) is 26.1. The Kier molecular flexibility index (Phi) is 17.0. The second kappa shape index (κ2) is 16.3. The fraction of sp³-hybridized carbons (Fsp3) is 0.696. The van der Waals surface area contributed by atoms with Gasteiger partial charge in [0.15, 0.2) is 0 Å². The lowest BCUT2D eigenvalue weighted by molar-refractivity contribution is -0.118. The lowest BCUT2D eigenvalue weighted by Gasteiger charge is -2.15. The maximum atomic E-state index is 11.7. The van der Waals surface area contributed by atoms with Gasteiger partial charge in [0.05, 0.1) is 5.92 Å². The number of ketones is 1. The van der Waals surface area contributed by atoms with Gasteiger partial charge in [-0.1, -0.05) is 78.3 Å². The third-order valence-corrected chi connectivity index (χ3v) is 3.45. The summed E-state index contributed by atoms with van der Waals surface area (Å²) >= 11 is 0. The lowest BCUT2D eigenvalue weighted by atomic mass is 9.94. The summed E-state index contributed by atoms with van der Waals surface area (Å²) in [6.45, 7) is 20.1. The fourth-order valence-electron chi connectivity index (χ4n) is 2.05. The molecule has 0 radical (unpaired) electrons. The van der Waals surface area contributed by atoms with Crippen molar-refractivity contribution in [2.75, 3.05) is 13.1 Å². The normalized spacial score (nSPS) is 13.4. The van der Waals surface area contributed by atoms with Gasteiger partial charge in [0.2, 0.25) is 0 Å². The zero-order valence-corrected chi connectivity index (χ0v) is 18.3. The van der Waals surface area contributed by atoms with Gasteiger partial charge in [0, 0.05) is 6.54 Å². The van der Waals surface area contributed by atoms with Gasteiger partial charge in [-0.25, -0.2) is 0 Å². The second-order valence-electron chi connectivity index (χ2n) is 6.91. The van der Waals surface area contributed by atoms with Crippen molar-refractivity contribution in [3.05, 3.63) is 35.4 Å². The number of carbonyl (C=O) groups is 1. The van der Waals surface area contributed by atoms with Gasteiger partial charge in [-0.3, -0.25) is 4.79 Å². The molecule has 1 N–H and O–H groups in total. The van der Waals surface area contributed by atoms with E-state index in [4.69, 9.17) is 0 Å². The van der Waals surface area contributed by atoms with Crippen LogP contribution >= 0.6 is 0 Å². The Labute approximate surface area is 157 Å². The van der Waals surface area contributed by atoms with Gasteiger partial charge >= 0.3 is 0 Å². The van der Waals surface area contributed by atoms with E-state index < -0.39 is 0 Å². The van der Waals surface area contributed by atoms with Crippen LogP contribution in [0.5, 0.6) is 0 Å². The molecule has 1 atom stereocenters. The number of aryl methyl sites for hydroxylation is 1. The van der Waals surface area contributed by atoms with Gasteiger partial charge in [0.1, 0.15) is 5.78 Å². The van der Waals surface area contributed by atoms with Crippen LogP contribution in [0.15, 0.2) is 24.3 Å². The molecule has 1 saturated carbocycles. The van der Waals surface area contributed by atoms with Gasteiger partial charge < -0.3 is 5.32 Å². The van der Waals surface area contributed by atoms with Crippen LogP contribution in [0.2, 0.25) is 0 Å². The minimum absolute atomic E-state index is 0.00866. The van der Waals surface area contributed by atoms with Crippen molar-refractivity contribution < 1.29 is 4.79 Å². The minimum Gasteiger partial charge on any atom is -0.315 e. The van der Waals surface area contributed by atoms with Crippen LogP contribution in [0.3, 0.4) is 0 Å². The Morgan fingerprint density at radius 3 is 1.84 bits per heavy atom. The predicted molar refractivity (Wildman–Crippen MR) is 113 cm³/mol. The fourth-order valence-corrected chi connectivity index (χ4v) is 2.05. The molecule has 0 saturated heterocycles. The van der Waals surface area contributed by atoms with E-state index >= 15 is 0 Å². The number of Topliss-reactive ketones (excluding diaryl/α,β-unsaturated/α-hetero) is 1. The van der Waals surface area contributed by atoms with Gasteiger partial charge in [-0.05, 0) is 50.6 Å². The molecule has 25 heavy (non-hydrogen) atoms. The number of rotatable bonds is 6. The van der Waals surface area contributed by atoms with E-state index in [1.807, 2.05) is 27.7 Å². The van der Waals surface area contributed by atoms with Crippen LogP contribution in [-0.2, 0) is 4.79 Å². The Bertz CT molecular complexity index is 415. The first-order valence-corrected chi connectivity index (χ1v) is 10.2. The summed E-state index contributed by atoms with van der Waals surface area (Å²) in [5, 5.41) is 3.42. The Morgan fingerprint density at radius 1 is 1.04 bits per heavy atom. The van der Waals surface area contributed by atoms with Crippen molar-refractivity contribution in [3.63, 3.8) is 0 Å². The number of carbonyl (C=O) groups excluding carboxylic acids is 1. The summed E-state index contributed by atoms with van der Waals surface area (Å²) in [5.74, 6) is 1.95. The van der Waals surface area contributed by atoms with E-state index in [0.717, 1.165) is 30.5 Å². The van der Waals surface area contributed by atoms with E-state index in [1.165, 1.54) is 18.4 Å². The summed E-state index contributed by atoms with van der Waals surface area (Å²) in [7, 11) is 0. The van der Waals surface area contributed by atoms with Crippen molar-refractivity contribution in [1.82, 2.24) is 5.32 Å². The monoisotopic (exact) mass is 349 g/mol. The molecule has 1 aromatic rings. The Hall–Kier alpha value is -1.15. The van der Waals surface area contributed by atoms with Crippen molar-refractivity contribution in [3.8, 4) is 0 Å². The topological polar surface area (TPSA) is 29.1 Å². The van der Waals surface area contributed by atoms with Crippen LogP contribution in [0, 0.1) is 18.8 Å². The Balaban J connectivity index is 0. The SMILES string of the molecule is CC.CC.CC(=O)C(CNCC1CC1)c1ccc(C)cc1.CC(C)C. The lowest BCUT2D eigenvalue weighted by Crippen LogP contribution is -2.27. The molecule has 1 unspecified atom stereocenters. The molecule has 2 rings (SSSR count). The smallest absolute Gasteiger partial charge is 0.138 e. The predicted octanol–water partition coefficient (Wildman–Crippen LogP) is 6.38. The van der Waals surface area contributed by atoms with Crippen molar-refractivity contribution in [2.45, 2.75) is 81.1 Å². The summed E-state index contributed by atoms with van der Waals surface area (Å²) in [6, 6.07) is 8.29. The number of nitrogens with one attached hydrogen (secondary N) is 1. The van der Waals surface area contributed by atoms with E-state index in [1.54, 1.807) is 6.92 Å². The summed E-state index contributed by atoms with van der Waals surface area (Å²) in [4.78, 5) is 11.7. The highest BCUT2D eigenvalue weighted by Crippen LogP contribution is 2.27. The first-order chi connectivity index (χ1) is 11.9. The zero-order valence-electron chi connectivity index (χ0n) is 18.3. The molecule has 0 amide bonds. The third-order valence-electron chi connectivity index (χ3n) is 3.45. The Morgan fingerprint density at radius 2 is 1.48 bits per heavy atom. The van der Waals surface area contributed by atoms with Crippen LogP contribution in [0.4, 0.5) is 0 Å². The van der Waals surface area contributed by atoms with E-state index in [2.05, 4.69) is 57.3 Å². The molecule has 1 fully saturated rings. The number of benzene rings is 1. The van der Waals surface area contributed by atoms with Gasteiger partial charge in [-0.2, -0.15) is 0 Å². The second-order valence-corrected chi connectivity index (χ2v) is 6.91. The average molecular weight is 350 g/mol. The maximum Gasteiger partial charge on any atom is 0.138 e. The highest BCUT2D eigenvalue weighted by molar-refractivity contribution is 5.83. The molecule has 0 bridgehead atoms. The number of hydrogen-bond donors (Lipinski definition) is 1. The molecule has 1 aromatic carbocycles. The molecule has 0 spiro atoms. The van der Waals surface area contributed by atoms with E-state index in [-0.39, 0.29) is 11.7 Å². The zero-order chi connectivity index (χ0) is 19.8. The highest BCUT2D eigenvalue weighted by Gasteiger charge is 2.22. The molecular weight excluding hydrogens is 306 g/mol. The third kappa shape index (κ3) is 14.9. The summed E-state index contributed by atoms with van der Waals surface area (Å²) < 4.78 is 0. The summed E-state index contributed by atoms with van der Waals surface area (Å²) in [6.07, 6.45) is 2.70. The average Bonchev–Trinajstić information content (AvgIpc) is 3.40. The maximum absolute atomic E-state index is 11.7. The number of hydrogen-bond acceptors (Lipinski definition) is 2. The van der Waals surface area contributed by atoms with Gasteiger partial charge in [-0.15, -0.1) is 0 Å². The molecule has 0 aromatic heterocycles. The van der Waals surface area contributed by atoms with Crippen LogP contribution < -0.4 is 5.32 Å². The van der Waals surface area contributed by atoms with Crippen LogP contribution in [0.1, 0.15) is 85.3 Å². The van der Waals surface area contributed by atoms with Crippen LogP contribution in [0.25, 0.3) is 0 Å². The van der Waals surface area contributed by atoms with Crippen LogP contribution in [-0.4, -0.2) is 18.9 Å². The molecular formula is C23H43NO. The molecule has 0 heterocycles.